The summed E-state index contributed by atoms with van der Waals surface area (Å²) in [4.78, 5) is 47.7. The van der Waals surface area contributed by atoms with Gasteiger partial charge >= 0.3 is 23.9 Å². The number of hydrogen-bond acceptors (Lipinski definition) is 10. The number of carbonyl (C=O) groups is 4. The van der Waals surface area contributed by atoms with Gasteiger partial charge in [-0.3, -0.25) is 19.2 Å². The maximum Gasteiger partial charge on any atom is 0.303 e. The van der Waals surface area contributed by atoms with Crippen LogP contribution in [0.2, 0.25) is 0 Å². The third kappa shape index (κ3) is 7.49. The highest BCUT2D eigenvalue weighted by atomic mass is 79.9. The van der Waals surface area contributed by atoms with Gasteiger partial charge in [0.25, 0.3) is 0 Å². The quantitative estimate of drug-likeness (QED) is 0.285. The van der Waals surface area contributed by atoms with Crippen molar-refractivity contribution in [2.24, 2.45) is 0 Å². The number of hydrogen-bond donors (Lipinski definition) is 0. The van der Waals surface area contributed by atoms with Gasteiger partial charge in [0.2, 0.25) is 12.4 Å². The Morgan fingerprint density at radius 3 is 2.00 bits per heavy atom. The van der Waals surface area contributed by atoms with Gasteiger partial charge in [-0.1, -0.05) is 28.1 Å². The number of carbonyl (C=O) groups excluding carboxylic acids is 4. The minimum absolute atomic E-state index is 0.255. The fourth-order valence-corrected chi connectivity index (χ4v) is 3.30. The molecule has 11 heteroatoms. The van der Waals surface area contributed by atoms with Crippen molar-refractivity contribution in [3.05, 3.63) is 29.8 Å². The van der Waals surface area contributed by atoms with E-state index in [4.69, 9.17) is 33.9 Å². The van der Waals surface area contributed by atoms with Gasteiger partial charge in [-0.25, -0.2) is 0 Å². The van der Waals surface area contributed by atoms with Crippen molar-refractivity contribution in [3.8, 4) is 5.75 Å². The predicted octanol–water partition coefficient (Wildman–Crippen LogP) is 2.04. The minimum atomic E-state index is -1.60. The van der Waals surface area contributed by atoms with Crippen LogP contribution in [-0.2, 0) is 48.2 Å². The molecule has 0 radical (unpaired) electrons. The number of esters is 4. The van der Waals surface area contributed by atoms with Crippen molar-refractivity contribution in [2.75, 3.05) is 6.61 Å². The van der Waals surface area contributed by atoms with Crippen LogP contribution < -0.4 is 4.74 Å². The molecule has 32 heavy (non-hydrogen) atoms. The summed E-state index contributed by atoms with van der Waals surface area (Å²) in [6.45, 7) is -3.71. The Hall–Kier alpha value is -2.66. The summed E-state index contributed by atoms with van der Waals surface area (Å²) in [5.41, 5.74) is 0.925. The molecule has 1 aromatic carbocycles. The lowest BCUT2D eigenvalue weighted by atomic mass is 9.98. The molecular weight excluding hydrogens is 492 g/mol. The van der Waals surface area contributed by atoms with Crippen LogP contribution in [-0.4, -0.2) is 61.2 Å². The molecule has 1 aromatic rings. The first-order valence-corrected chi connectivity index (χ1v) is 10.3. The van der Waals surface area contributed by atoms with Crippen molar-refractivity contribution in [1.29, 1.82) is 0 Å². The number of halogens is 1. The molecule has 1 saturated heterocycles. The Balaban J connectivity index is 2.48. The average molecular weight is 521 g/mol. The molecule has 2 rings (SSSR count). The van der Waals surface area contributed by atoms with Gasteiger partial charge in [0.1, 0.15) is 18.5 Å². The third-order valence-corrected chi connectivity index (χ3v) is 4.78. The van der Waals surface area contributed by atoms with Crippen molar-refractivity contribution < 1.29 is 53.1 Å². The number of ether oxygens (including phenoxy) is 6. The molecule has 0 saturated carbocycles. The zero-order valence-electron chi connectivity index (χ0n) is 20.9. The smallest absolute Gasteiger partial charge is 0.303 e. The summed E-state index contributed by atoms with van der Waals surface area (Å²) in [5.74, 6) is -3.82. The van der Waals surface area contributed by atoms with Crippen LogP contribution in [0.3, 0.4) is 0 Å². The summed E-state index contributed by atoms with van der Waals surface area (Å²) < 4.78 is 61.3. The molecule has 1 aliphatic rings. The zero-order valence-corrected chi connectivity index (χ0v) is 18.5. The van der Waals surface area contributed by atoms with Crippen LogP contribution >= 0.6 is 15.9 Å². The lowest BCUT2D eigenvalue weighted by Gasteiger charge is -2.43. The molecule has 5 atom stereocenters. The van der Waals surface area contributed by atoms with Gasteiger partial charge in [-0.15, -0.1) is 0 Å². The molecule has 10 nitrogen and oxygen atoms in total. The van der Waals surface area contributed by atoms with Crippen molar-refractivity contribution in [2.45, 2.75) is 63.6 Å². The second kappa shape index (κ2) is 11.8. The molecule has 0 bridgehead atoms. The van der Waals surface area contributed by atoms with Gasteiger partial charge in [0.15, 0.2) is 12.2 Å². The summed E-state index contributed by atoms with van der Waals surface area (Å²) in [6.07, 6.45) is -7.55. The van der Waals surface area contributed by atoms with Crippen molar-refractivity contribution in [1.82, 2.24) is 0 Å². The average Bonchev–Trinajstić information content (AvgIpc) is 2.90. The lowest BCUT2D eigenvalue weighted by molar-refractivity contribution is -0.288. The van der Waals surface area contributed by atoms with E-state index in [-0.39, 0.29) is 5.75 Å². The van der Waals surface area contributed by atoms with E-state index in [0.717, 1.165) is 5.56 Å². The monoisotopic (exact) mass is 520 g/mol. The number of alkyl halides is 1. The first kappa shape index (κ1) is 20.0. The van der Waals surface area contributed by atoms with E-state index in [9.17, 15) is 19.2 Å². The topological polar surface area (TPSA) is 124 Å². The fraction of sp³-hybridized carbons (Fsp3) is 0.524. The molecule has 1 heterocycles. The molecule has 1 unspecified atom stereocenters. The van der Waals surface area contributed by atoms with E-state index in [0.29, 0.717) is 5.33 Å². The molecular formula is C21H25BrO10. The Labute approximate surface area is 199 Å². The second-order valence-electron chi connectivity index (χ2n) is 6.48. The van der Waals surface area contributed by atoms with Crippen molar-refractivity contribution >= 4 is 39.8 Å². The molecule has 176 valence electrons. The van der Waals surface area contributed by atoms with Gasteiger partial charge in [0.05, 0.1) is 0 Å². The number of benzene rings is 1. The maximum absolute atomic E-state index is 12.1. The van der Waals surface area contributed by atoms with Gasteiger partial charge in [-0.2, -0.15) is 0 Å². The molecule has 0 spiro atoms. The summed E-state index contributed by atoms with van der Waals surface area (Å²) in [7, 11) is 0. The Morgan fingerprint density at radius 2 is 1.44 bits per heavy atom. The molecule has 1 aliphatic heterocycles. The lowest BCUT2D eigenvalue weighted by Crippen LogP contribution is -2.63. The Morgan fingerprint density at radius 1 is 0.875 bits per heavy atom. The van der Waals surface area contributed by atoms with Gasteiger partial charge < -0.3 is 28.4 Å². The normalized spacial score (nSPS) is 26.3. The zero-order chi connectivity index (χ0) is 26.7. The SMILES string of the molecule is [2H]CC(=O)OC[C@H]1OC(Oc2ccc(CBr)cc2)[C@H](OC(=O)C[2H])[C@@H](OC(=O)C[2H])[C@H]1OC(=O)C[2H]. The van der Waals surface area contributed by atoms with Crippen LogP contribution in [0.5, 0.6) is 5.75 Å². The van der Waals surface area contributed by atoms with Crippen LogP contribution in [0.4, 0.5) is 0 Å². The molecule has 0 N–H and O–H groups in total. The van der Waals surface area contributed by atoms with E-state index in [2.05, 4.69) is 15.9 Å². The van der Waals surface area contributed by atoms with Gasteiger partial charge in [-0.05, 0) is 17.7 Å². The Kier molecular flexibility index (Phi) is 7.38. The van der Waals surface area contributed by atoms with E-state index in [1.807, 2.05) is 0 Å². The minimum Gasteiger partial charge on any atom is -0.463 e. The first-order valence-electron chi connectivity index (χ1n) is 12.0. The van der Waals surface area contributed by atoms with E-state index < -0.39 is 88.8 Å². The van der Waals surface area contributed by atoms with E-state index >= 15 is 0 Å². The van der Waals surface area contributed by atoms with Gasteiger partial charge in [0, 0.05) is 38.4 Å². The van der Waals surface area contributed by atoms with Crippen LogP contribution in [0.1, 0.15) is 38.6 Å². The highest BCUT2D eigenvalue weighted by Gasteiger charge is 2.53. The molecule has 0 aromatic heterocycles. The summed E-state index contributed by atoms with van der Waals surface area (Å²) in [5, 5.41) is 0.578. The maximum atomic E-state index is 12.1. The number of rotatable bonds is 8. The summed E-state index contributed by atoms with van der Waals surface area (Å²) >= 11 is 3.32. The Bertz CT molecular complexity index is 903. The second-order valence-corrected chi connectivity index (χ2v) is 7.05. The fourth-order valence-electron chi connectivity index (χ4n) is 2.93. The first-order chi connectivity index (χ1) is 17.3. The standard InChI is InChI=1S/C21H25BrO10/c1-11(23)27-10-17-18(28-12(2)24)19(29-13(3)25)20(30-14(4)26)21(32-17)31-16-7-5-15(9-22)6-8-16/h5-8,17-21H,9-10H2,1-4H3/t17-,18+,19+,20-,21?/m1/s1/i1D,2D,3D,4D. The molecule has 0 amide bonds. The highest BCUT2D eigenvalue weighted by molar-refractivity contribution is 9.08. The third-order valence-electron chi connectivity index (χ3n) is 4.13. The molecule has 0 aliphatic carbocycles. The highest BCUT2D eigenvalue weighted by Crippen LogP contribution is 2.31. The van der Waals surface area contributed by atoms with Crippen LogP contribution in [0.25, 0.3) is 0 Å². The largest absolute Gasteiger partial charge is 0.463 e. The molecule has 1 fully saturated rings. The predicted molar refractivity (Wildman–Crippen MR) is 112 cm³/mol. The van der Waals surface area contributed by atoms with Crippen LogP contribution in [0, 0.1) is 0 Å². The van der Waals surface area contributed by atoms with E-state index in [1.165, 1.54) is 0 Å². The summed E-state index contributed by atoms with van der Waals surface area (Å²) in [6, 6.07) is 6.66. The van der Waals surface area contributed by atoms with Crippen LogP contribution in [0.15, 0.2) is 24.3 Å². The van der Waals surface area contributed by atoms with Crippen molar-refractivity contribution in [3.63, 3.8) is 0 Å². The van der Waals surface area contributed by atoms with E-state index in [1.54, 1.807) is 24.3 Å².